The Morgan fingerprint density at radius 1 is 1.00 bits per heavy atom. The number of aromatic nitrogens is 2. The number of nitrogens with one attached hydrogen (secondary N) is 1. The number of fused-ring (bicyclic) bond motifs is 7. The van der Waals surface area contributed by atoms with Gasteiger partial charge in [0.1, 0.15) is 12.4 Å². The van der Waals surface area contributed by atoms with Crippen molar-refractivity contribution in [3.63, 3.8) is 0 Å². The largest absolute Gasteiger partial charge is 0.489 e. The monoisotopic (exact) mass is 512 g/mol. The van der Waals surface area contributed by atoms with Crippen molar-refractivity contribution in [2.75, 3.05) is 38.2 Å². The lowest BCUT2D eigenvalue weighted by Gasteiger charge is -2.13. The van der Waals surface area contributed by atoms with Crippen LogP contribution in [0.4, 0.5) is 11.6 Å². The van der Waals surface area contributed by atoms with Gasteiger partial charge in [-0.15, -0.1) is 0 Å². The van der Waals surface area contributed by atoms with E-state index < -0.39 is 0 Å². The van der Waals surface area contributed by atoms with Gasteiger partial charge in [0.05, 0.1) is 32.1 Å². The number of likely N-dealkylation sites (tertiary alicyclic amines) is 1. The average Bonchev–Trinajstić information content (AvgIpc) is 3.48. The van der Waals surface area contributed by atoms with Gasteiger partial charge in [-0.25, -0.2) is 9.97 Å². The fourth-order valence-electron chi connectivity index (χ4n) is 4.39. The molecule has 0 aliphatic carbocycles. The number of benzene rings is 2. The molecule has 3 heterocycles. The Balaban J connectivity index is 1.35. The molecule has 1 N–H and O–H groups in total. The van der Waals surface area contributed by atoms with Crippen LogP contribution in [0.15, 0.2) is 79.0 Å². The number of anilines is 2. The lowest BCUT2D eigenvalue weighted by atomic mass is 10.1. The lowest BCUT2D eigenvalue weighted by Crippen LogP contribution is -2.25. The molecule has 1 aromatic heterocycles. The molecule has 1 saturated heterocycles. The first kappa shape index (κ1) is 25.6. The Kier molecular flexibility index (Phi) is 8.76. The van der Waals surface area contributed by atoms with E-state index in [2.05, 4.69) is 16.4 Å². The summed E-state index contributed by atoms with van der Waals surface area (Å²) in [5.74, 6) is 1.18. The van der Waals surface area contributed by atoms with Crippen LogP contribution in [0.3, 0.4) is 0 Å². The molecule has 0 radical (unpaired) electrons. The van der Waals surface area contributed by atoms with Crippen LogP contribution in [-0.4, -0.2) is 53.7 Å². The van der Waals surface area contributed by atoms with Gasteiger partial charge in [0.2, 0.25) is 11.9 Å². The van der Waals surface area contributed by atoms with Gasteiger partial charge in [-0.05, 0) is 54.3 Å². The topological polar surface area (TPSA) is 85.8 Å². The summed E-state index contributed by atoms with van der Waals surface area (Å²) >= 11 is 0. The van der Waals surface area contributed by atoms with E-state index >= 15 is 0 Å². The minimum absolute atomic E-state index is 0.0382. The van der Waals surface area contributed by atoms with Crippen LogP contribution in [0.1, 0.15) is 24.0 Å². The fraction of sp³-hybridized carbons (Fsp3) is 0.300. The Bertz CT molecular complexity index is 1300. The van der Waals surface area contributed by atoms with Crippen molar-refractivity contribution in [3.05, 3.63) is 90.2 Å². The quantitative estimate of drug-likeness (QED) is 0.387. The van der Waals surface area contributed by atoms with Gasteiger partial charge in [-0.2, -0.15) is 0 Å². The van der Waals surface area contributed by atoms with Crippen molar-refractivity contribution >= 4 is 17.5 Å². The Morgan fingerprint density at radius 3 is 2.66 bits per heavy atom. The summed E-state index contributed by atoms with van der Waals surface area (Å²) in [6.45, 7) is 3.86. The van der Waals surface area contributed by atoms with Crippen LogP contribution in [0, 0.1) is 0 Å². The highest BCUT2D eigenvalue weighted by atomic mass is 16.5. The van der Waals surface area contributed by atoms with Gasteiger partial charge in [0.15, 0.2) is 0 Å². The van der Waals surface area contributed by atoms with E-state index in [-0.39, 0.29) is 12.5 Å². The first-order valence-electron chi connectivity index (χ1n) is 12.9. The summed E-state index contributed by atoms with van der Waals surface area (Å²) in [6, 6.07) is 15.9. The smallest absolute Gasteiger partial charge is 0.246 e. The molecule has 0 spiro atoms. The third-order valence-electron chi connectivity index (χ3n) is 6.26. The zero-order chi connectivity index (χ0) is 26.0. The number of carbonyl (C=O) groups excluding carboxylic acids is 1. The van der Waals surface area contributed by atoms with Crippen molar-refractivity contribution in [1.29, 1.82) is 0 Å². The fourth-order valence-corrected chi connectivity index (χ4v) is 4.39. The molecule has 6 bridgehead atoms. The Hall–Kier alpha value is -4.01. The van der Waals surface area contributed by atoms with Crippen molar-refractivity contribution in [1.82, 2.24) is 14.9 Å². The number of hydrogen-bond acceptors (Lipinski definition) is 7. The van der Waals surface area contributed by atoms with Crippen molar-refractivity contribution in [2.45, 2.75) is 26.1 Å². The van der Waals surface area contributed by atoms with Gasteiger partial charge >= 0.3 is 0 Å². The molecular formula is C30H32N4O4. The molecule has 5 rings (SSSR count). The van der Waals surface area contributed by atoms with E-state index in [0.29, 0.717) is 38.1 Å². The van der Waals surface area contributed by atoms with Gasteiger partial charge < -0.3 is 24.4 Å². The summed E-state index contributed by atoms with van der Waals surface area (Å²) in [7, 11) is 0. The number of carbonyl (C=O) groups is 1. The minimum atomic E-state index is 0.0382. The van der Waals surface area contributed by atoms with Gasteiger partial charge in [0, 0.05) is 42.7 Å². The van der Waals surface area contributed by atoms with Crippen LogP contribution in [-0.2, 0) is 27.5 Å². The number of amides is 1. The highest BCUT2D eigenvalue weighted by Gasteiger charge is 2.15. The molecule has 8 nitrogen and oxygen atoms in total. The van der Waals surface area contributed by atoms with E-state index in [4.69, 9.17) is 19.2 Å². The molecule has 0 saturated carbocycles. The van der Waals surface area contributed by atoms with Gasteiger partial charge in [-0.1, -0.05) is 30.4 Å². The number of rotatable bonds is 4. The highest BCUT2D eigenvalue weighted by Crippen LogP contribution is 2.25. The normalized spacial score (nSPS) is 16.9. The van der Waals surface area contributed by atoms with Crippen LogP contribution in [0.25, 0.3) is 11.3 Å². The zero-order valence-electron chi connectivity index (χ0n) is 21.3. The standard InChI is InChI=1S/C30H32N4O4/c35-29(34-12-1-2-13-34)9-6-16-38-27-19-24-18-26(20-27)32-30-31-11-10-28(33-30)25-8-5-7-23(17-25)21-36-14-3-4-15-37-22-24/h3-11,17-20H,1-2,12-16,21-22H2,(H,31,32,33)/b4-3+,9-6+. The van der Waals surface area contributed by atoms with Gasteiger partial charge in [0.25, 0.3) is 0 Å². The number of ether oxygens (including phenoxy) is 3. The Labute approximate surface area is 223 Å². The highest BCUT2D eigenvalue weighted by molar-refractivity contribution is 5.87. The summed E-state index contributed by atoms with van der Waals surface area (Å²) in [5, 5.41) is 3.31. The Morgan fingerprint density at radius 2 is 1.82 bits per heavy atom. The molecule has 196 valence electrons. The maximum absolute atomic E-state index is 12.2. The molecular weight excluding hydrogens is 480 g/mol. The van der Waals surface area contributed by atoms with E-state index in [9.17, 15) is 4.79 Å². The number of nitrogens with zero attached hydrogens (tertiary/aromatic N) is 3. The second kappa shape index (κ2) is 13.0. The molecule has 3 aromatic rings. The molecule has 0 unspecified atom stereocenters. The van der Waals surface area contributed by atoms with Crippen LogP contribution < -0.4 is 10.1 Å². The van der Waals surface area contributed by atoms with Crippen molar-refractivity contribution in [2.24, 2.45) is 0 Å². The van der Waals surface area contributed by atoms with E-state index in [1.54, 1.807) is 18.3 Å². The first-order valence-corrected chi connectivity index (χ1v) is 12.9. The lowest BCUT2D eigenvalue weighted by molar-refractivity contribution is -0.125. The average molecular weight is 513 g/mol. The number of hydrogen-bond donors (Lipinski definition) is 1. The van der Waals surface area contributed by atoms with Crippen molar-refractivity contribution in [3.8, 4) is 17.0 Å². The molecule has 0 atom stereocenters. The second-order valence-corrected chi connectivity index (χ2v) is 9.20. The van der Waals surface area contributed by atoms with E-state index in [1.165, 1.54) is 0 Å². The third-order valence-corrected chi connectivity index (χ3v) is 6.26. The zero-order valence-corrected chi connectivity index (χ0v) is 21.3. The maximum Gasteiger partial charge on any atom is 0.246 e. The second-order valence-electron chi connectivity index (χ2n) is 9.20. The maximum atomic E-state index is 12.2. The predicted octanol–water partition coefficient (Wildman–Crippen LogP) is 5.05. The van der Waals surface area contributed by atoms with Crippen LogP contribution in [0.2, 0.25) is 0 Å². The van der Waals surface area contributed by atoms with Crippen molar-refractivity contribution < 1.29 is 19.0 Å². The predicted molar refractivity (Wildman–Crippen MR) is 146 cm³/mol. The molecule has 2 aliphatic rings. The molecule has 2 aliphatic heterocycles. The summed E-state index contributed by atoms with van der Waals surface area (Å²) in [5.41, 5.74) is 4.61. The molecule has 1 fully saturated rings. The van der Waals surface area contributed by atoms with Crippen LogP contribution in [0.5, 0.6) is 5.75 Å². The molecule has 1 amide bonds. The minimum Gasteiger partial charge on any atom is -0.489 e. The van der Waals surface area contributed by atoms with Gasteiger partial charge in [-0.3, -0.25) is 4.79 Å². The van der Waals surface area contributed by atoms with Crippen LogP contribution >= 0.6 is 0 Å². The van der Waals surface area contributed by atoms with E-state index in [0.717, 1.165) is 54.0 Å². The SMILES string of the molecule is O=C(/C=C/COc1cc2cc(c1)Nc1nccc(n1)-c1cccc(c1)COC/C=C/COC2)N1CCCC1. The summed E-state index contributed by atoms with van der Waals surface area (Å²) in [6.07, 6.45) is 11.2. The first-order chi connectivity index (χ1) is 18.7. The molecule has 38 heavy (non-hydrogen) atoms. The third kappa shape index (κ3) is 7.27. The van der Waals surface area contributed by atoms with E-state index in [1.807, 2.05) is 59.5 Å². The summed E-state index contributed by atoms with van der Waals surface area (Å²) in [4.78, 5) is 23.2. The molecule has 8 heteroatoms. The molecule has 2 aromatic carbocycles. The summed E-state index contributed by atoms with van der Waals surface area (Å²) < 4.78 is 17.6.